The van der Waals surface area contributed by atoms with Crippen molar-refractivity contribution < 1.29 is 9.47 Å². The van der Waals surface area contributed by atoms with E-state index >= 15 is 0 Å². The predicted molar refractivity (Wildman–Crippen MR) is 86.5 cm³/mol. The number of aliphatic imine (C=N–C) groups is 1. The van der Waals surface area contributed by atoms with E-state index < -0.39 is 0 Å². The smallest absolute Gasteiger partial charge is 0.195 e. The van der Waals surface area contributed by atoms with Gasteiger partial charge in [0, 0.05) is 24.8 Å². The number of hydrogen-bond acceptors (Lipinski definition) is 3. The van der Waals surface area contributed by atoms with E-state index in [1.807, 2.05) is 18.2 Å². The third kappa shape index (κ3) is 4.85. The number of methoxy groups -OCH3 is 2. The average Bonchev–Trinajstić information content (AvgIpc) is 3.31. The van der Waals surface area contributed by atoms with Crippen LogP contribution >= 0.6 is 0 Å². The van der Waals surface area contributed by atoms with Crippen LogP contribution in [0.3, 0.4) is 0 Å². The zero-order chi connectivity index (χ0) is 15.1. The summed E-state index contributed by atoms with van der Waals surface area (Å²) in [7, 11) is 3.27. The second-order valence-electron chi connectivity index (χ2n) is 5.19. The molecule has 0 heterocycles. The molecule has 116 valence electrons. The highest BCUT2D eigenvalue weighted by Crippen LogP contribution is 2.32. The van der Waals surface area contributed by atoms with E-state index in [4.69, 9.17) is 9.47 Å². The van der Waals surface area contributed by atoms with Gasteiger partial charge in [0.05, 0.1) is 14.2 Å². The molecule has 0 aromatic heterocycles. The van der Waals surface area contributed by atoms with E-state index in [0.29, 0.717) is 5.75 Å². The SMILES string of the molecule is CCNC(=NCCC1CC1)Nc1ccc(OC)c(OC)c1. The van der Waals surface area contributed by atoms with Gasteiger partial charge in [0.15, 0.2) is 17.5 Å². The van der Waals surface area contributed by atoms with Gasteiger partial charge in [0.25, 0.3) is 0 Å². The largest absolute Gasteiger partial charge is 0.493 e. The van der Waals surface area contributed by atoms with Crippen molar-refractivity contribution in [2.75, 3.05) is 32.6 Å². The van der Waals surface area contributed by atoms with E-state index in [2.05, 4.69) is 22.5 Å². The molecule has 0 bridgehead atoms. The molecule has 2 rings (SSSR count). The van der Waals surface area contributed by atoms with Crippen molar-refractivity contribution in [1.82, 2.24) is 5.32 Å². The van der Waals surface area contributed by atoms with Gasteiger partial charge in [0.1, 0.15) is 0 Å². The summed E-state index contributed by atoms with van der Waals surface area (Å²) < 4.78 is 10.6. The Balaban J connectivity index is 2.00. The van der Waals surface area contributed by atoms with Crippen molar-refractivity contribution in [3.8, 4) is 11.5 Å². The van der Waals surface area contributed by atoms with Gasteiger partial charge < -0.3 is 20.1 Å². The first kappa shape index (κ1) is 15.5. The molecule has 1 saturated carbocycles. The first-order valence-corrected chi connectivity index (χ1v) is 7.54. The summed E-state index contributed by atoms with van der Waals surface area (Å²) in [5.41, 5.74) is 0.929. The van der Waals surface area contributed by atoms with Gasteiger partial charge in [0.2, 0.25) is 0 Å². The van der Waals surface area contributed by atoms with Crippen LogP contribution in [0.25, 0.3) is 0 Å². The highest BCUT2D eigenvalue weighted by molar-refractivity contribution is 5.93. The van der Waals surface area contributed by atoms with Crippen LogP contribution in [0.2, 0.25) is 0 Å². The molecule has 0 atom stereocenters. The highest BCUT2D eigenvalue weighted by Gasteiger charge is 2.20. The maximum atomic E-state index is 5.31. The quantitative estimate of drug-likeness (QED) is 0.599. The van der Waals surface area contributed by atoms with Gasteiger partial charge in [-0.3, -0.25) is 4.99 Å². The third-order valence-corrected chi connectivity index (χ3v) is 3.49. The molecule has 1 aromatic rings. The molecule has 5 nitrogen and oxygen atoms in total. The van der Waals surface area contributed by atoms with Crippen molar-refractivity contribution >= 4 is 11.6 Å². The molecule has 21 heavy (non-hydrogen) atoms. The number of ether oxygens (including phenoxy) is 2. The number of guanidine groups is 1. The van der Waals surface area contributed by atoms with Crippen LogP contribution in [0.1, 0.15) is 26.2 Å². The molecule has 0 unspecified atom stereocenters. The number of hydrogen-bond donors (Lipinski definition) is 2. The molecule has 5 heteroatoms. The van der Waals surface area contributed by atoms with Gasteiger partial charge >= 0.3 is 0 Å². The number of nitrogens with zero attached hydrogens (tertiary/aromatic N) is 1. The monoisotopic (exact) mass is 291 g/mol. The van der Waals surface area contributed by atoms with Crippen molar-refractivity contribution in [2.45, 2.75) is 26.2 Å². The van der Waals surface area contributed by atoms with Gasteiger partial charge in [-0.15, -0.1) is 0 Å². The fourth-order valence-corrected chi connectivity index (χ4v) is 2.12. The Morgan fingerprint density at radius 2 is 2.00 bits per heavy atom. The van der Waals surface area contributed by atoms with E-state index in [0.717, 1.165) is 36.4 Å². The fourth-order valence-electron chi connectivity index (χ4n) is 2.12. The number of anilines is 1. The van der Waals surface area contributed by atoms with Crippen LogP contribution in [0, 0.1) is 5.92 Å². The molecule has 0 radical (unpaired) electrons. The van der Waals surface area contributed by atoms with E-state index in [-0.39, 0.29) is 0 Å². The van der Waals surface area contributed by atoms with Crippen LogP contribution in [-0.2, 0) is 0 Å². The van der Waals surface area contributed by atoms with Crippen LogP contribution in [0.15, 0.2) is 23.2 Å². The lowest BCUT2D eigenvalue weighted by atomic mass is 10.2. The Hall–Kier alpha value is -1.91. The summed E-state index contributed by atoms with van der Waals surface area (Å²) in [6.45, 7) is 3.77. The molecule has 2 N–H and O–H groups in total. The zero-order valence-corrected chi connectivity index (χ0v) is 13.1. The minimum atomic E-state index is 0.705. The standard InChI is InChI=1S/C16H25N3O2/c1-4-17-16(18-10-9-12-5-6-12)19-13-7-8-14(20-2)15(11-13)21-3/h7-8,11-12H,4-6,9-10H2,1-3H3,(H2,17,18,19). The van der Waals surface area contributed by atoms with Gasteiger partial charge in [-0.25, -0.2) is 0 Å². The average molecular weight is 291 g/mol. The lowest BCUT2D eigenvalue weighted by Gasteiger charge is -2.13. The number of benzene rings is 1. The van der Waals surface area contributed by atoms with Crippen LogP contribution in [-0.4, -0.2) is 33.3 Å². The van der Waals surface area contributed by atoms with Gasteiger partial charge in [-0.2, -0.15) is 0 Å². The predicted octanol–water partition coefficient (Wildman–Crippen LogP) is 2.88. The van der Waals surface area contributed by atoms with E-state index in [9.17, 15) is 0 Å². The lowest BCUT2D eigenvalue weighted by molar-refractivity contribution is 0.355. The molecule has 0 aliphatic heterocycles. The van der Waals surface area contributed by atoms with Crippen LogP contribution in [0.4, 0.5) is 5.69 Å². The van der Waals surface area contributed by atoms with Crippen molar-refractivity contribution in [3.63, 3.8) is 0 Å². The molecule has 1 aromatic carbocycles. The first-order valence-electron chi connectivity index (χ1n) is 7.54. The highest BCUT2D eigenvalue weighted by atomic mass is 16.5. The summed E-state index contributed by atoms with van der Waals surface area (Å²) in [6, 6.07) is 5.75. The molecule has 1 fully saturated rings. The molecule has 0 spiro atoms. The Bertz CT molecular complexity index is 484. The number of rotatable bonds is 7. The summed E-state index contributed by atoms with van der Waals surface area (Å²) in [6.07, 6.45) is 3.92. The fraction of sp³-hybridized carbons (Fsp3) is 0.562. The molecular weight excluding hydrogens is 266 g/mol. The Kier molecular flexibility index (Phi) is 5.72. The molecule has 0 amide bonds. The molecule has 1 aliphatic carbocycles. The minimum absolute atomic E-state index is 0.705. The van der Waals surface area contributed by atoms with Crippen molar-refractivity contribution in [3.05, 3.63) is 18.2 Å². The molecular formula is C16H25N3O2. The zero-order valence-electron chi connectivity index (χ0n) is 13.1. The summed E-state index contributed by atoms with van der Waals surface area (Å²) in [4.78, 5) is 4.61. The Morgan fingerprint density at radius 1 is 1.24 bits per heavy atom. The maximum absolute atomic E-state index is 5.31. The maximum Gasteiger partial charge on any atom is 0.195 e. The van der Waals surface area contributed by atoms with Gasteiger partial charge in [-0.1, -0.05) is 12.8 Å². The summed E-state index contributed by atoms with van der Waals surface area (Å²) in [5, 5.41) is 6.56. The normalized spacial score (nSPS) is 14.7. The van der Waals surface area contributed by atoms with Gasteiger partial charge in [-0.05, 0) is 31.4 Å². The second kappa shape index (κ2) is 7.76. The Labute approximate surface area is 126 Å². The van der Waals surface area contributed by atoms with E-state index in [1.54, 1.807) is 14.2 Å². The van der Waals surface area contributed by atoms with Crippen molar-refractivity contribution in [1.29, 1.82) is 0 Å². The lowest BCUT2D eigenvalue weighted by Crippen LogP contribution is -2.30. The summed E-state index contributed by atoms with van der Waals surface area (Å²) in [5.74, 6) is 3.14. The minimum Gasteiger partial charge on any atom is -0.493 e. The van der Waals surface area contributed by atoms with E-state index in [1.165, 1.54) is 19.3 Å². The number of nitrogens with one attached hydrogen (secondary N) is 2. The van der Waals surface area contributed by atoms with Crippen LogP contribution < -0.4 is 20.1 Å². The second-order valence-corrected chi connectivity index (χ2v) is 5.19. The Morgan fingerprint density at radius 3 is 2.62 bits per heavy atom. The first-order chi connectivity index (χ1) is 10.3. The van der Waals surface area contributed by atoms with Crippen LogP contribution in [0.5, 0.6) is 11.5 Å². The molecule has 0 saturated heterocycles. The topological polar surface area (TPSA) is 54.9 Å². The van der Waals surface area contributed by atoms with Crippen molar-refractivity contribution in [2.24, 2.45) is 10.9 Å². The molecule has 1 aliphatic rings. The summed E-state index contributed by atoms with van der Waals surface area (Å²) >= 11 is 0. The third-order valence-electron chi connectivity index (χ3n) is 3.49.